The second-order valence-electron chi connectivity index (χ2n) is 13.3. The van der Waals surface area contributed by atoms with Crippen LogP contribution in [0.15, 0.2) is 18.2 Å². The molecule has 16 heteroatoms. The maximum absolute atomic E-state index is 17.1. The molecule has 9 nitrogen and oxygen atoms in total. The van der Waals surface area contributed by atoms with Crippen LogP contribution in [0, 0.1) is 23.0 Å². The summed E-state index contributed by atoms with van der Waals surface area (Å²) in [4.78, 5) is 26.2. The fourth-order valence-electron chi connectivity index (χ4n) is 7.91. The fraction of sp³-hybridized carbons (Fsp3) is 0.471. The summed E-state index contributed by atoms with van der Waals surface area (Å²) < 4.78 is 97.3. The number of nitrogen functional groups attached to an aromatic ring is 1. The first-order chi connectivity index (χ1) is 23.7. The highest BCUT2D eigenvalue weighted by Crippen LogP contribution is 2.48. The van der Waals surface area contributed by atoms with E-state index in [2.05, 4.69) is 9.97 Å². The minimum absolute atomic E-state index is 0.00745. The molecule has 0 bridgehead atoms. The number of aromatic nitrogens is 2. The first kappa shape index (κ1) is 34.1. The highest BCUT2D eigenvalue weighted by Gasteiger charge is 2.49. The number of thiophene rings is 1. The number of piperidine rings is 1. The lowest BCUT2D eigenvalue weighted by Gasteiger charge is -2.37. The molecule has 2 unspecified atom stereocenters. The van der Waals surface area contributed by atoms with E-state index in [1.165, 1.54) is 6.92 Å². The van der Waals surface area contributed by atoms with E-state index >= 15 is 4.39 Å². The Labute approximate surface area is 287 Å². The summed E-state index contributed by atoms with van der Waals surface area (Å²) in [6.45, 7) is 3.24. The predicted molar refractivity (Wildman–Crippen MR) is 177 cm³/mol. The van der Waals surface area contributed by atoms with Crippen molar-refractivity contribution in [2.75, 3.05) is 50.5 Å². The van der Waals surface area contributed by atoms with Crippen LogP contribution in [-0.2, 0) is 11.0 Å². The van der Waals surface area contributed by atoms with Gasteiger partial charge in [-0.2, -0.15) is 28.4 Å². The van der Waals surface area contributed by atoms with Crippen molar-refractivity contribution < 1.29 is 35.9 Å². The third-order valence-electron chi connectivity index (χ3n) is 10.4. The van der Waals surface area contributed by atoms with Crippen LogP contribution in [0.3, 0.4) is 0 Å². The molecule has 5 heterocycles. The first-order valence-corrected chi connectivity index (χ1v) is 17.1. The molecular weight excluding hydrogens is 684 g/mol. The fourth-order valence-corrected chi connectivity index (χ4v) is 8.86. The monoisotopic (exact) mass is 717 g/mol. The molecule has 1 amide bonds. The van der Waals surface area contributed by atoms with Gasteiger partial charge in [0.1, 0.15) is 41.0 Å². The normalized spacial score (nSPS) is 21.6. The molecule has 2 N–H and O–H groups in total. The number of halogens is 6. The van der Waals surface area contributed by atoms with Gasteiger partial charge in [0.05, 0.1) is 21.4 Å². The van der Waals surface area contributed by atoms with E-state index in [-0.39, 0.29) is 75.0 Å². The van der Waals surface area contributed by atoms with Gasteiger partial charge < -0.3 is 20.3 Å². The van der Waals surface area contributed by atoms with Gasteiger partial charge in [-0.25, -0.2) is 13.2 Å². The third-order valence-corrected chi connectivity index (χ3v) is 11.4. The average molecular weight is 718 g/mol. The van der Waals surface area contributed by atoms with Crippen molar-refractivity contribution in [3.05, 3.63) is 41.0 Å². The van der Waals surface area contributed by atoms with Crippen molar-refractivity contribution in [3.8, 4) is 23.2 Å². The quantitative estimate of drug-likeness (QED) is 0.221. The van der Waals surface area contributed by atoms with Crippen LogP contribution >= 0.6 is 11.3 Å². The number of ether oxygens (including phenoxy) is 1. The number of likely N-dealkylation sites (tertiary alicyclic amines) is 1. The van der Waals surface area contributed by atoms with E-state index in [1.54, 1.807) is 16.8 Å². The molecule has 0 saturated carbocycles. The second-order valence-corrected chi connectivity index (χ2v) is 14.4. The smallest absolute Gasteiger partial charge is 0.417 e. The van der Waals surface area contributed by atoms with Crippen molar-refractivity contribution in [2.24, 2.45) is 0 Å². The summed E-state index contributed by atoms with van der Waals surface area (Å²) in [5, 5.41) is 9.22. The molecule has 2 aromatic carbocycles. The van der Waals surface area contributed by atoms with Gasteiger partial charge in [-0.3, -0.25) is 9.69 Å². The SMILES string of the molecule is CC(=O)N1CCC(N(C)c2nc(OCC34CCCN3CC(F)C4)nc3c(F)c(-c4ccc(F)c5sc(N)c(C#N)c45)c(C(F)(F)F)cc23)CC1. The van der Waals surface area contributed by atoms with Crippen molar-refractivity contribution >= 4 is 49.1 Å². The molecule has 3 aliphatic heterocycles. The van der Waals surface area contributed by atoms with Gasteiger partial charge in [0, 0.05) is 62.4 Å². The van der Waals surface area contributed by atoms with Gasteiger partial charge >= 0.3 is 12.2 Å². The molecular formula is C34H33F6N7O2S. The molecule has 3 aliphatic rings. The number of carbonyl (C=O) groups is 1. The number of alkyl halides is 4. The molecule has 3 saturated heterocycles. The number of nitrogens with two attached hydrogens (primary N) is 1. The Hall–Kier alpha value is -4.36. The van der Waals surface area contributed by atoms with E-state index in [0.29, 0.717) is 50.2 Å². The van der Waals surface area contributed by atoms with Gasteiger partial charge in [-0.05, 0) is 49.9 Å². The van der Waals surface area contributed by atoms with Crippen LogP contribution in [-0.4, -0.2) is 83.3 Å². The molecule has 3 fully saturated rings. The summed E-state index contributed by atoms with van der Waals surface area (Å²) in [5.74, 6) is -2.30. The van der Waals surface area contributed by atoms with Crippen molar-refractivity contribution in [1.29, 1.82) is 5.26 Å². The number of carbonyl (C=O) groups excluding carboxylic acids is 1. The Morgan fingerprint density at radius 1 is 1.22 bits per heavy atom. The first-order valence-electron chi connectivity index (χ1n) is 16.2. The molecule has 0 radical (unpaired) electrons. The Balaban J connectivity index is 1.42. The largest absolute Gasteiger partial charge is 0.461 e. The lowest BCUT2D eigenvalue weighted by Crippen LogP contribution is -2.45. The third kappa shape index (κ3) is 5.64. The van der Waals surface area contributed by atoms with E-state index in [0.717, 1.165) is 24.6 Å². The molecule has 0 aliphatic carbocycles. The second kappa shape index (κ2) is 12.4. The average Bonchev–Trinajstić information content (AvgIpc) is 3.72. The molecule has 4 aromatic rings. The zero-order chi connectivity index (χ0) is 35.7. The number of benzene rings is 2. The maximum Gasteiger partial charge on any atom is 0.417 e. The summed E-state index contributed by atoms with van der Waals surface area (Å²) >= 11 is 0.683. The van der Waals surface area contributed by atoms with Crippen LogP contribution < -0.4 is 15.4 Å². The van der Waals surface area contributed by atoms with Crippen molar-refractivity contribution in [1.82, 2.24) is 19.8 Å². The molecule has 50 heavy (non-hydrogen) atoms. The number of fused-ring (bicyclic) bond motifs is 3. The minimum atomic E-state index is -5.10. The number of anilines is 2. The van der Waals surface area contributed by atoms with E-state index < -0.39 is 46.2 Å². The lowest BCUT2D eigenvalue weighted by atomic mass is 9.92. The molecule has 2 aromatic heterocycles. The summed E-state index contributed by atoms with van der Waals surface area (Å²) in [7, 11) is 1.64. The Kier molecular flexibility index (Phi) is 8.49. The van der Waals surface area contributed by atoms with Crippen LogP contribution in [0.4, 0.5) is 37.2 Å². The zero-order valence-corrected chi connectivity index (χ0v) is 28.0. The Morgan fingerprint density at radius 3 is 2.64 bits per heavy atom. The van der Waals surface area contributed by atoms with Crippen LogP contribution in [0.5, 0.6) is 6.01 Å². The lowest BCUT2D eigenvalue weighted by molar-refractivity contribution is -0.137. The standard InChI is InChI=1S/C34H33F6N7O2S/c1-17(48)46-10-6-19(7-11-46)45(2)31-21-12-23(34(38,39)40)26(20-4-5-24(36)29-25(20)22(14-41)30(42)50-29)27(37)28(21)43-32(44-31)49-16-33-8-3-9-47(33)15-18(35)13-33/h4-5,12,18-19H,3,6-11,13,15-16,42H2,1-2H3. The van der Waals surface area contributed by atoms with Crippen molar-refractivity contribution in [2.45, 2.75) is 63.0 Å². The minimum Gasteiger partial charge on any atom is -0.461 e. The summed E-state index contributed by atoms with van der Waals surface area (Å²) in [5.41, 5.74) is 1.94. The van der Waals surface area contributed by atoms with E-state index in [9.17, 15) is 32.0 Å². The highest BCUT2D eigenvalue weighted by molar-refractivity contribution is 7.23. The Morgan fingerprint density at radius 2 is 1.96 bits per heavy atom. The Bertz CT molecular complexity index is 2060. The number of nitrogens with zero attached hydrogens (tertiary/aromatic N) is 6. The van der Waals surface area contributed by atoms with Gasteiger partial charge in [0.2, 0.25) is 5.91 Å². The molecule has 2 atom stereocenters. The molecule has 0 spiro atoms. The number of nitriles is 1. The maximum atomic E-state index is 17.1. The van der Waals surface area contributed by atoms with E-state index in [4.69, 9.17) is 10.5 Å². The summed E-state index contributed by atoms with van der Waals surface area (Å²) in [6.07, 6.45) is -3.45. The van der Waals surface area contributed by atoms with Gasteiger partial charge in [0.25, 0.3) is 0 Å². The molecule has 7 rings (SSSR count). The van der Waals surface area contributed by atoms with Crippen LogP contribution in [0.25, 0.3) is 32.1 Å². The van der Waals surface area contributed by atoms with Crippen LogP contribution in [0.2, 0.25) is 0 Å². The summed E-state index contributed by atoms with van der Waals surface area (Å²) in [6, 6.07) is 3.93. The zero-order valence-electron chi connectivity index (χ0n) is 27.2. The highest BCUT2D eigenvalue weighted by atomic mass is 32.1. The number of rotatable bonds is 6. The van der Waals surface area contributed by atoms with Gasteiger partial charge in [-0.15, -0.1) is 11.3 Å². The van der Waals surface area contributed by atoms with Crippen molar-refractivity contribution in [3.63, 3.8) is 0 Å². The van der Waals surface area contributed by atoms with Gasteiger partial charge in [-0.1, -0.05) is 6.07 Å². The topological polar surface area (TPSA) is 112 Å². The van der Waals surface area contributed by atoms with E-state index in [1.807, 2.05) is 11.0 Å². The number of hydrogen-bond acceptors (Lipinski definition) is 9. The van der Waals surface area contributed by atoms with Crippen LogP contribution in [0.1, 0.15) is 50.2 Å². The van der Waals surface area contributed by atoms with Gasteiger partial charge in [0.15, 0.2) is 5.82 Å². The molecule has 264 valence electrons. The number of amides is 1. The predicted octanol–water partition coefficient (Wildman–Crippen LogP) is 6.66. The number of hydrogen-bond donors (Lipinski definition) is 1.